The Morgan fingerprint density at radius 2 is 1.38 bits per heavy atom. The van der Waals surface area contributed by atoms with Gasteiger partial charge in [0, 0.05) is 28.6 Å². The minimum atomic E-state index is -4.40. The zero-order valence-electron chi connectivity index (χ0n) is 20.8. The van der Waals surface area contributed by atoms with Crippen LogP contribution in [0.1, 0.15) is 32.0 Å². The Labute approximate surface area is 214 Å². The van der Waals surface area contributed by atoms with Gasteiger partial charge in [0.05, 0.1) is 10.5 Å². The Bertz CT molecular complexity index is 1540. The van der Waals surface area contributed by atoms with Gasteiger partial charge in [0.25, 0.3) is 0 Å². The first-order valence-corrected chi connectivity index (χ1v) is 13.0. The maximum atomic E-state index is 12.9. The lowest BCUT2D eigenvalue weighted by molar-refractivity contribution is -0.137. The fraction of sp³-hybridized carbons (Fsp3) is 0.214. The van der Waals surface area contributed by atoms with Gasteiger partial charge in [-0.1, -0.05) is 42.5 Å². The van der Waals surface area contributed by atoms with Crippen molar-refractivity contribution in [2.24, 2.45) is 0 Å². The summed E-state index contributed by atoms with van der Waals surface area (Å²) < 4.78 is 66.9. The maximum Gasteiger partial charge on any atom is 0.416 e. The van der Waals surface area contributed by atoms with Gasteiger partial charge in [-0.15, -0.1) is 0 Å². The number of alkyl halides is 3. The van der Waals surface area contributed by atoms with Gasteiger partial charge in [-0.25, -0.2) is 23.1 Å². The van der Waals surface area contributed by atoms with E-state index in [1.54, 1.807) is 52.1 Å². The van der Waals surface area contributed by atoms with Gasteiger partial charge >= 0.3 is 6.18 Å². The van der Waals surface area contributed by atoms with Crippen LogP contribution in [-0.2, 0) is 16.2 Å². The minimum absolute atomic E-state index is 0.165. The van der Waals surface area contributed by atoms with Crippen LogP contribution in [0.15, 0.2) is 83.9 Å². The molecule has 0 radical (unpaired) electrons. The molecular formula is C28H26F3N3O2S. The fourth-order valence-corrected chi connectivity index (χ4v) is 5.33. The number of nitrogens with zero attached hydrogens (tertiary/aromatic N) is 2. The zero-order valence-corrected chi connectivity index (χ0v) is 21.6. The van der Waals surface area contributed by atoms with Crippen molar-refractivity contribution in [3.63, 3.8) is 0 Å². The fourth-order valence-electron chi connectivity index (χ4n) is 3.87. The van der Waals surface area contributed by atoms with E-state index >= 15 is 0 Å². The lowest BCUT2D eigenvalue weighted by atomic mass is 10.0. The first-order chi connectivity index (χ1) is 17.2. The molecule has 0 aliphatic carbocycles. The molecule has 9 heteroatoms. The molecule has 0 aliphatic heterocycles. The van der Waals surface area contributed by atoms with E-state index in [1.165, 1.54) is 12.1 Å². The predicted molar refractivity (Wildman–Crippen MR) is 138 cm³/mol. The standard InChI is InChI=1S/C28H26F3N3O2S/c1-18-25(19-11-13-23(14-12-19)28(29,30)31)17-32-26(33-18)22-9-5-7-20(15-22)21-8-6-10-24(16-21)37(35,36)34-27(2,3)4/h5-17,34H,1-4H3. The molecule has 3 aromatic carbocycles. The number of halogens is 3. The van der Waals surface area contributed by atoms with Crippen LogP contribution >= 0.6 is 0 Å². The number of hydrogen-bond donors (Lipinski definition) is 1. The number of aromatic nitrogens is 2. The van der Waals surface area contributed by atoms with E-state index in [0.29, 0.717) is 22.6 Å². The van der Waals surface area contributed by atoms with E-state index in [2.05, 4.69) is 14.7 Å². The summed E-state index contributed by atoms with van der Waals surface area (Å²) in [6, 6.07) is 19.0. The molecule has 0 saturated carbocycles. The van der Waals surface area contributed by atoms with Gasteiger partial charge in [-0.05, 0) is 74.7 Å². The summed E-state index contributed by atoms with van der Waals surface area (Å²) in [4.78, 5) is 9.20. The van der Waals surface area contributed by atoms with Crippen LogP contribution in [0.5, 0.6) is 0 Å². The van der Waals surface area contributed by atoms with Crippen LogP contribution in [-0.4, -0.2) is 23.9 Å². The van der Waals surface area contributed by atoms with Crippen molar-refractivity contribution in [1.29, 1.82) is 0 Å². The number of nitrogens with one attached hydrogen (secondary N) is 1. The summed E-state index contributed by atoms with van der Waals surface area (Å²) in [5.41, 5.74) is 2.75. The molecule has 0 bridgehead atoms. The molecular weight excluding hydrogens is 499 g/mol. The number of hydrogen-bond acceptors (Lipinski definition) is 4. The van der Waals surface area contributed by atoms with Crippen molar-refractivity contribution in [1.82, 2.24) is 14.7 Å². The summed E-state index contributed by atoms with van der Waals surface area (Å²) in [7, 11) is -3.70. The Kier molecular flexibility index (Phi) is 6.96. The molecule has 4 rings (SSSR count). The van der Waals surface area contributed by atoms with Crippen LogP contribution in [0.2, 0.25) is 0 Å². The second kappa shape index (κ2) is 9.72. The van der Waals surface area contributed by atoms with Crippen molar-refractivity contribution < 1.29 is 21.6 Å². The third kappa shape index (κ3) is 6.23. The van der Waals surface area contributed by atoms with Gasteiger partial charge < -0.3 is 0 Å². The number of rotatable bonds is 5. The van der Waals surface area contributed by atoms with Gasteiger partial charge in [0.15, 0.2) is 5.82 Å². The molecule has 4 aromatic rings. The van der Waals surface area contributed by atoms with Gasteiger partial charge in [0.1, 0.15) is 0 Å². The summed E-state index contributed by atoms with van der Waals surface area (Å²) in [6.45, 7) is 7.12. The quantitative estimate of drug-likeness (QED) is 0.308. The molecule has 5 nitrogen and oxygen atoms in total. The number of aryl methyl sites for hydroxylation is 1. The van der Waals surface area contributed by atoms with E-state index in [0.717, 1.165) is 28.8 Å². The second-order valence-electron chi connectivity index (χ2n) is 9.73. The number of benzene rings is 3. The second-order valence-corrected chi connectivity index (χ2v) is 11.4. The minimum Gasteiger partial charge on any atom is -0.236 e. The molecule has 192 valence electrons. The van der Waals surface area contributed by atoms with E-state index in [1.807, 2.05) is 30.3 Å². The summed E-state index contributed by atoms with van der Waals surface area (Å²) in [6.07, 6.45) is -2.80. The normalized spacial score (nSPS) is 12.5. The highest BCUT2D eigenvalue weighted by Crippen LogP contribution is 2.32. The van der Waals surface area contributed by atoms with E-state index < -0.39 is 27.3 Å². The van der Waals surface area contributed by atoms with Crippen LogP contribution in [0.4, 0.5) is 13.2 Å². The highest BCUT2D eigenvalue weighted by Gasteiger charge is 2.30. The molecule has 0 fully saturated rings. The lowest BCUT2D eigenvalue weighted by Gasteiger charge is -2.20. The molecule has 1 heterocycles. The first-order valence-electron chi connectivity index (χ1n) is 11.5. The number of sulfonamides is 1. The molecule has 0 unspecified atom stereocenters. The topological polar surface area (TPSA) is 72.0 Å². The van der Waals surface area contributed by atoms with Crippen molar-refractivity contribution in [3.05, 3.63) is 90.3 Å². The van der Waals surface area contributed by atoms with Gasteiger partial charge in [0.2, 0.25) is 10.0 Å². The summed E-state index contributed by atoms with van der Waals surface area (Å²) in [5.74, 6) is 0.452. The monoisotopic (exact) mass is 525 g/mol. The SMILES string of the molecule is Cc1nc(-c2cccc(-c3cccc(S(=O)(=O)NC(C)(C)C)c3)c2)ncc1-c1ccc(C(F)(F)F)cc1. The molecule has 0 aliphatic rings. The van der Waals surface area contributed by atoms with Gasteiger partial charge in [-0.2, -0.15) is 13.2 Å². The summed E-state index contributed by atoms with van der Waals surface area (Å²) >= 11 is 0. The van der Waals surface area contributed by atoms with Crippen molar-refractivity contribution in [3.8, 4) is 33.6 Å². The van der Waals surface area contributed by atoms with E-state index in [4.69, 9.17) is 0 Å². The average Bonchev–Trinajstić information content (AvgIpc) is 2.82. The molecule has 1 aromatic heterocycles. The van der Waals surface area contributed by atoms with E-state index in [9.17, 15) is 21.6 Å². The van der Waals surface area contributed by atoms with Crippen molar-refractivity contribution in [2.45, 2.75) is 44.3 Å². The Balaban J connectivity index is 1.64. The smallest absolute Gasteiger partial charge is 0.236 e. The Hall–Kier alpha value is -3.56. The van der Waals surface area contributed by atoms with Crippen LogP contribution in [0, 0.1) is 6.92 Å². The summed E-state index contributed by atoms with van der Waals surface area (Å²) in [5, 5.41) is 0. The van der Waals surface area contributed by atoms with Crippen molar-refractivity contribution in [2.75, 3.05) is 0 Å². The lowest BCUT2D eigenvalue weighted by Crippen LogP contribution is -2.40. The molecule has 1 N–H and O–H groups in total. The highest BCUT2D eigenvalue weighted by atomic mass is 32.2. The molecule has 0 saturated heterocycles. The Morgan fingerprint density at radius 1 is 0.784 bits per heavy atom. The molecule has 0 atom stereocenters. The molecule has 0 amide bonds. The van der Waals surface area contributed by atoms with Crippen LogP contribution in [0.25, 0.3) is 33.6 Å². The largest absolute Gasteiger partial charge is 0.416 e. The first kappa shape index (κ1) is 26.5. The van der Waals surface area contributed by atoms with Crippen LogP contribution < -0.4 is 4.72 Å². The molecule has 37 heavy (non-hydrogen) atoms. The molecule has 0 spiro atoms. The third-order valence-electron chi connectivity index (χ3n) is 5.54. The van der Waals surface area contributed by atoms with Gasteiger partial charge in [-0.3, -0.25) is 0 Å². The highest BCUT2D eigenvalue weighted by molar-refractivity contribution is 7.89. The Morgan fingerprint density at radius 3 is 1.97 bits per heavy atom. The van der Waals surface area contributed by atoms with Crippen LogP contribution in [0.3, 0.4) is 0 Å². The third-order valence-corrected chi connectivity index (χ3v) is 7.30. The van der Waals surface area contributed by atoms with E-state index in [-0.39, 0.29) is 4.90 Å². The maximum absolute atomic E-state index is 12.9. The zero-order chi connectivity index (χ0) is 27.0. The predicted octanol–water partition coefficient (Wildman–Crippen LogP) is 6.88. The average molecular weight is 526 g/mol. The van der Waals surface area contributed by atoms with Crippen molar-refractivity contribution >= 4 is 10.0 Å².